The lowest BCUT2D eigenvalue weighted by Crippen LogP contribution is -2.20. The van der Waals surface area contributed by atoms with Gasteiger partial charge in [-0.05, 0) is 44.2 Å². The van der Waals surface area contributed by atoms with Crippen LogP contribution in [0.2, 0.25) is 0 Å². The molecule has 1 aromatic heterocycles. The van der Waals surface area contributed by atoms with E-state index >= 15 is 0 Å². The maximum atomic E-state index is 13.6. The highest BCUT2D eigenvalue weighted by atomic mass is 19.1. The summed E-state index contributed by atoms with van der Waals surface area (Å²) in [5, 5.41) is 7.54. The van der Waals surface area contributed by atoms with E-state index in [2.05, 4.69) is 10.4 Å². The molecule has 1 aromatic carbocycles. The summed E-state index contributed by atoms with van der Waals surface area (Å²) in [6.45, 7) is 3.72. The summed E-state index contributed by atoms with van der Waals surface area (Å²) in [7, 11) is 3.77. The first-order chi connectivity index (χ1) is 8.52. The molecule has 0 fully saturated rings. The van der Waals surface area contributed by atoms with Gasteiger partial charge in [-0.2, -0.15) is 5.10 Å². The normalized spacial score (nSPS) is 12.7. The van der Waals surface area contributed by atoms with Crippen molar-refractivity contribution >= 4 is 0 Å². The van der Waals surface area contributed by atoms with Crippen molar-refractivity contribution in [3.05, 3.63) is 52.6 Å². The van der Waals surface area contributed by atoms with Crippen molar-refractivity contribution in [1.29, 1.82) is 0 Å². The van der Waals surface area contributed by atoms with Gasteiger partial charge in [-0.1, -0.05) is 12.1 Å². The summed E-state index contributed by atoms with van der Waals surface area (Å²) in [6.07, 6.45) is 0. The summed E-state index contributed by atoms with van der Waals surface area (Å²) in [4.78, 5) is 0. The lowest BCUT2D eigenvalue weighted by Gasteiger charge is -2.17. The van der Waals surface area contributed by atoms with Crippen molar-refractivity contribution in [1.82, 2.24) is 15.1 Å². The molecule has 1 heterocycles. The number of hydrogen-bond acceptors (Lipinski definition) is 2. The first kappa shape index (κ1) is 12.8. The van der Waals surface area contributed by atoms with Gasteiger partial charge in [0, 0.05) is 7.05 Å². The number of halogens is 1. The standard InChI is InChI=1S/C14H18FN3/c1-9-5-6-11(8-12(9)15)14(16-3)13-7-10(2)17-18(13)4/h5-8,14,16H,1-4H3. The monoisotopic (exact) mass is 247 g/mol. The highest BCUT2D eigenvalue weighted by Gasteiger charge is 2.17. The molecular weight excluding hydrogens is 229 g/mol. The Kier molecular flexibility index (Phi) is 3.48. The van der Waals surface area contributed by atoms with Gasteiger partial charge in [0.1, 0.15) is 5.82 Å². The van der Waals surface area contributed by atoms with Crippen molar-refractivity contribution < 1.29 is 4.39 Å². The van der Waals surface area contributed by atoms with Crippen LogP contribution in [0.15, 0.2) is 24.3 Å². The van der Waals surface area contributed by atoms with Crippen LogP contribution in [0, 0.1) is 19.7 Å². The zero-order chi connectivity index (χ0) is 13.3. The third-order valence-electron chi connectivity index (χ3n) is 3.15. The van der Waals surface area contributed by atoms with Crippen molar-refractivity contribution in [2.45, 2.75) is 19.9 Å². The molecular formula is C14H18FN3. The molecule has 96 valence electrons. The van der Waals surface area contributed by atoms with E-state index in [0.717, 1.165) is 17.0 Å². The van der Waals surface area contributed by atoms with E-state index in [1.54, 1.807) is 19.1 Å². The maximum absolute atomic E-state index is 13.6. The van der Waals surface area contributed by atoms with Crippen LogP contribution in [0.25, 0.3) is 0 Å². The number of aromatic nitrogens is 2. The van der Waals surface area contributed by atoms with Gasteiger partial charge in [-0.25, -0.2) is 4.39 Å². The molecule has 0 aliphatic rings. The molecule has 2 rings (SSSR count). The molecule has 0 aliphatic heterocycles. The predicted molar refractivity (Wildman–Crippen MR) is 70.0 cm³/mol. The zero-order valence-corrected chi connectivity index (χ0v) is 11.2. The number of aryl methyl sites for hydroxylation is 3. The Morgan fingerprint density at radius 2 is 2.00 bits per heavy atom. The second-order valence-electron chi connectivity index (χ2n) is 4.56. The topological polar surface area (TPSA) is 29.9 Å². The van der Waals surface area contributed by atoms with Crippen LogP contribution in [-0.4, -0.2) is 16.8 Å². The predicted octanol–water partition coefficient (Wildman–Crippen LogP) is 2.48. The van der Waals surface area contributed by atoms with Crippen molar-refractivity contribution in [3.8, 4) is 0 Å². The molecule has 0 spiro atoms. The second-order valence-corrected chi connectivity index (χ2v) is 4.56. The highest BCUT2D eigenvalue weighted by molar-refractivity contribution is 5.31. The van der Waals surface area contributed by atoms with Crippen LogP contribution in [0.5, 0.6) is 0 Å². The molecule has 0 saturated carbocycles. The fourth-order valence-electron chi connectivity index (χ4n) is 2.17. The summed E-state index contributed by atoms with van der Waals surface area (Å²) in [5.74, 6) is -0.174. The van der Waals surface area contributed by atoms with Crippen LogP contribution < -0.4 is 5.32 Å². The van der Waals surface area contributed by atoms with Crippen LogP contribution in [-0.2, 0) is 7.05 Å². The fourth-order valence-corrected chi connectivity index (χ4v) is 2.17. The first-order valence-electron chi connectivity index (χ1n) is 5.96. The van der Waals surface area contributed by atoms with Crippen LogP contribution >= 0.6 is 0 Å². The Morgan fingerprint density at radius 1 is 1.28 bits per heavy atom. The van der Waals surface area contributed by atoms with E-state index in [4.69, 9.17) is 0 Å². The van der Waals surface area contributed by atoms with Crippen LogP contribution in [0.1, 0.15) is 28.6 Å². The molecule has 0 bridgehead atoms. The van der Waals surface area contributed by atoms with Gasteiger partial charge in [-0.15, -0.1) is 0 Å². The Morgan fingerprint density at radius 3 is 2.50 bits per heavy atom. The molecule has 0 aliphatic carbocycles. The fraction of sp³-hybridized carbons (Fsp3) is 0.357. The van der Waals surface area contributed by atoms with Crippen molar-refractivity contribution in [2.24, 2.45) is 7.05 Å². The Hall–Kier alpha value is -1.68. The number of hydrogen-bond donors (Lipinski definition) is 1. The Bertz CT molecular complexity index is 560. The SMILES string of the molecule is CNC(c1ccc(C)c(F)c1)c1cc(C)nn1C. The van der Waals surface area contributed by atoms with E-state index in [1.165, 1.54) is 0 Å². The molecule has 0 saturated heterocycles. The molecule has 2 aromatic rings. The smallest absolute Gasteiger partial charge is 0.126 e. The molecule has 4 heteroatoms. The van der Waals surface area contributed by atoms with E-state index in [1.807, 2.05) is 37.8 Å². The summed E-state index contributed by atoms with van der Waals surface area (Å²) >= 11 is 0. The molecule has 1 unspecified atom stereocenters. The summed E-state index contributed by atoms with van der Waals surface area (Å²) < 4.78 is 15.5. The second kappa shape index (κ2) is 4.90. The average molecular weight is 247 g/mol. The first-order valence-corrected chi connectivity index (χ1v) is 5.96. The molecule has 0 radical (unpaired) electrons. The minimum atomic E-state index is -0.174. The number of nitrogens with zero attached hydrogens (tertiary/aromatic N) is 2. The third-order valence-corrected chi connectivity index (χ3v) is 3.15. The Balaban J connectivity index is 2.45. The third kappa shape index (κ3) is 2.29. The lowest BCUT2D eigenvalue weighted by molar-refractivity contribution is 0.587. The van der Waals surface area contributed by atoms with E-state index in [-0.39, 0.29) is 11.9 Å². The van der Waals surface area contributed by atoms with Gasteiger partial charge in [0.25, 0.3) is 0 Å². The molecule has 1 N–H and O–H groups in total. The van der Waals surface area contributed by atoms with Crippen molar-refractivity contribution in [3.63, 3.8) is 0 Å². The highest BCUT2D eigenvalue weighted by Crippen LogP contribution is 2.23. The molecule has 1 atom stereocenters. The number of rotatable bonds is 3. The molecule has 0 amide bonds. The summed E-state index contributed by atoms with van der Waals surface area (Å²) in [6, 6.07) is 7.30. The van der Waals surface area contributed by atoms with Gasteiger partial charge in [-0.3, -0.25) is 4.68 Å². The van der Waals surface area contributed by atoms with Gasteiger partial charge in [0.05, 0.1) is 17.4 Å². The number of benzene rings is 1. The van der Waals surface area contributed by atoms with Crippen LogP contribution in [0.3, 0.4) is 0 Å². The lowest BCUT2D eigenvalue weighted by atomic mass is 10.0. The van der Waals surface area contributed by atoms with Gasteiger partial charge < -0.3 is 5.32 Å². The molecule has 18 heavy (non-hydrogen) atoms. The molecule has 3 nitrogen and oxygen atoms in total. The average Bonchev–Trinajstić information content (AvgIpc) is 2.64. The van der Waals surface area contributed by atoms with Gasteiger partial charge >= 0.3 is 0 Å². The largest absolute Gasteiger partial charge is 0.308 e. The van der Waals surface area contributed by atoms with Crippen LogP contribution in [0.4, 0.5) is 4.39 Å². The van der Waals surface area contributed by atoms with Crippen molar-refractivity contribution in [2.75, 3.05) is 7.05 Å². The van der Waals surface area contributed by atoms with E-state index in [9.17, 15) is 4.39 Å². The maximum Gasteiger partial charge on any atom is 0.126 e. The Labute approximate surface area is 107 Å². The number of nitrogens with one attached hydrogen (secondary N) is 1. The minimum absolute atomic E-state index is 0.0497. The minimum Gasteiger partial charge on any atom is -0.308 e. The van der Waals surface area contributed by atoms with E-state index in [0.29, 0.717) is 5.56 Å². The zero-order valence-electron chi connectivity index (χ0n) is 11.2. The quantitative estimate of drug-likeness (QED) is 0.903. The van der Waals surface area contributed by atoms with Gasteiger partial charge in [0.2, 0.25) is 0 Å². The van der Waals surface area contributed by atoms with E-state index < -0.39 is 0 Å². The van der Waals surface area contributed by atoms with Gasteiger partial charge in [0.15, 0.2) is 0 Å². The summed E-state index contributed by atoms with van der Waals surface area (Å²) in [5.41, 5.74) is 3.55.